The maximum Gasteiger partial charge on any atom is 0.224 e. The molecule has 0 aromatic carbocycles. The maximum absolute atomic E-state index is 15.1. The molecule has 0 spiro atoms. The highest BCUT2D eigenvalue weighted by atomic mass is 19.1. The number of pyridine rings is 1. The zero-order chi connectivity index (χ0) is 27.0. The van der Waals surface area contributed by atoms with Crippen LogP contribution in [0.1, 0.15) is 13.3 Å². The van der Waals surface area contributed by atoms with Crippen LogP contribution in [0.25, 0.3) is 0 Å². The fourth-order valence-corrected chi connectivity index (χ4v) is 5.02. The Kier molecular flexibility index (Phi) is 9.22. The molecule has 3 aliphatic rings. The lowest BCUT2D eigenvalue weighted by Gasteiger charge is -2.36. The fourth-order valence-electron chi connectivity index (χ4n) is 5.02. The van der Waals surface area contributed by atoms with E-state index in [0.29, 0.717) is 63.5 Å². The van der Waals surface area contributed by atoms with Crippen LogP contribution in [0, 0.1) is 5.82 Å². The van der Waals surface area contributed by atoms with Crippen LogP contribution in [-0.4, -0.2) is 117 Å². The highest BCUT2D eigenvalue weighted by Crippen LogP contribution is 2.26. The van der Waals surface area contributed by atoms with Gasteiger partial charge in [-0.2, -0.15) is 4.98 Å². The molecule has 212 valence electrons. The minimum Gasteiger partial charge on any atom is -0.379 e. The number of carbonyl (C=O) groups is 1. The standard InChI is InChI=1S/C26H38FN9O3/c1-20(37)30-17-22-18-36(19-39-22)21-15-23(27)25(31-16-21)35-9-7-34(8-10-35)24-3-5-29-26(32-24)28-4-2-6-33-11-13-38-14-12-33/h3,5,15-16,22H,2,4,6-14,17-19H2,1H3,(H,30,37)(H,28,29,32). The molecule has 0 radical (unpaired) electrons. The van der Waals surface area contributed by atoms with Gasteiger partial charge in [0.15, 0.2) is 11.6 Å². The van der Waals surface area contributed by atoms with E-state index in [-0.39, 0.29) is 17.8 Å². The van der Waals surface area contributed by atoms with Crippen LogP contribution >= 0.6 is 0 Å². The molecule has 2 aromatic rings. The summed E-state index contributed by atoms with van der Waals surface area (Å²) in [7, 11) is 0. The highest BCUT2D eigenvalue weighted by Gasteiger charge is 2.26. The molecule has 39 heavy (non-hydrogen) atoms. The minimum absolute atomic E-state index is 0.0962. The molecule has 2 N–H and O–H groups in total. The summed E-state index contributed by atoms with van der Waals surface area (Å²) in [4.78, 5) is 33.2. The van der Waals surface area contributed by atoms with Crippen molar-refractivity contribution >= 4 is 29.2 Å². The second-order valence-electron chi connectivity index (χ2n) is 10.0. The molecule has 0 aliphatic carbocycles. The van der Waals surface area contributed by atoms with E-state index in [9.17, 15) is 4.79 Å². The molecule has 1 amide bonds. The van der Waals surface area contributed by atoms with Crippen molar-refractivity contribution in [1.29, 1.82) is 0 Å². The van der Waals surface area contributed by atoms with E-state index in [2.05, 4.69) is 30.4 Å². The monoisotopic (exact) mass is 543 g/mol. The number of amides is 1. The summed E-state index contributed by atoms with van der Waals surface area (Å²) >= 11 is 0. The summed E-state index contributed by atoms with van der Waals surface area (Å²) in [6.07, 6.45) is 4.36. The average Bonchev–Trinajstić information content (AvgIpc) is 3.44. The van der Waals surface area contributed by atoms with Gasteiger partial charge in [-0.3, -0.25) is 9.69 Å². The van der Waals surface area contributed by atoms with Crippen molar-refractivity contribution in [2.45, 2.75) is 19.4 Å². The third-order valence-electron chi connectivity index (χ3n) is 7.22. The number of morpholine rings is 1. The summed E-state index contributed by atoms with van der Waals surface area (Å²) < 4.78 is 26.2. The van der Waals surface area contributed by atoms with Gasteiger partial charge in [0.25, 0.3) is 0 Å². The molecule has 3 aliphatic heterocycles. The Labute approximate surface area is 228 Å². The smallest absolute Gasteiger partial charge is 0.224 e. The topological polar surface area (TPSA) is 111 Å². The first-order valence-corrected chi connectivity index (χ1v) is 13.7. The number of halogens is 1. The first-order chi connectivity index (χ1) is 19.0. The number of nitrogens with one attached hydrogen (secondary N) is 2. The van der Waals surface area contributed by atoms with Crippen LogP contribution in [0.4, 0.5) is 27.7 Å². The van der Waals surface area contributed by atoms with Crippen molar-refractivity contribution in [2.75, 3.05) is 105 Å². The van der Waals surface area contributed by atoms with Crippen LogP contribution < -0.4 is 25.3 Å². The van der Waals surface area contributed by atoms with Gasteiger partial charge in [-0.25, -0.2) is 14.4 Å². The summed E-state index contributed by atoms with van der Waals surface area (Å²) in [6, 6.07) is 3.43. The maximum atomic E-state index is 15.1. The van der Waals surface area contributed by atoms with E-state index < -0.39 is 0 Å². The Bertz CT molecular complexity index is 1100. The normalized spacial score (nSPS) is 20.4. The first-order valence-electron chi connectivity index (χ1n) is 13.7. The second kappa shape index (κ2) is 13.2. The van der Waals surface area contributed by atoms with E-state index in [0.717, 1.165) is 51.6 Å². The van der Waals surface area contributed by atoms with Crippen molar-refractivity contribution in [3.05, 3.63) is 30.3 Å². The van der Waals surface area contributed by atoms with E-state index in [4.69, 9.17) is 14.5 Å². The summed E-state index contributed by atoms with van der Waals surface area (Å²) in [5, 5.41) is 6.10. The number of anilines is 4. The molecule has 3 fully saturated rings. The van der Waals surface area contributed by atoms with Gasteiger partial charge in [0.05, 0.1) is 31.2 Å². The number of aromatic nitrogens is 3. The second-order valence-corrected chi connectivity index (χ2v) is 10.0. The summed E-state index contributed by atoms with van der Waals surface area (Å²) in [6.45, 7) is 11.0. The number of carbonyl (C=O) groups excluding carboxylic acids is 1. The number of nitrogens with zero attached hydrogens (tertiary/aromatic N) is 7. The zero-order valence-electron chi connectivity index (χ0n) is 22.5. The average molecular weight is 544 g/mol. The van der Waals surface area contributed by atoms with E-state index in [1.54, 1.807) is 12.4 Å². The van der Waals surface area contributed by atoms with Crippen LogP contribution in [0.3, 0.4) is 0 Å². The summed E-state index contributed by atoms with van der Waals surface area (Å²) in [5.74, 6) is 1.41. The van der Waals surface area contributed by atoms with Crippen LogP contribution in [0.2, 0.25) is 0 Å². The lowest BCUT2D eigenvalue weighted by Crippen LogP contribution is -2.47. The summed E-state index contributed by atoms with van der Waals surface area (Å²) in [5.41, 5.74) is 0.672. The molecule has 5 heterocycles. The van der Waals surface area contributed by atoms with Gasteiger partial charge < -0.3 is 34.8 Å². The largest absolute Gasteiger partial charge is 0.379 e. The van der Waals surface area contributed by atoms with E-state index in [1.165, 1.54) is 13.0 Å². The predicted molar refractivity (Wildman–Crippen MR) is 147 cm³/mol. The number of hydrogen-bond acceptors (Lipinski definition) is 11. The molecule has 1 unspecified atom stereocenters. The SMILES string of the molecule is CC(=O)NCC1CN(c2cnc(N3CCN(c4ccnc(NCCCN5CCOCC5)n4)CC3)c(F)c2)CO1. The van der Waals surface area contributed by atoms with Crippen LogP contribution in [0.5, 0.6) is 0 Å². The Morgan fingerprint density at radius 1 is 1.10 bits per heavy atom. The van der Waals surface area contributed by atoms with Crippen molar-refractivity contribution in [2.24, 2.45) is 0 Å². The van der Waals surface area contributed by atoms with Gasteiger partial charge in [0.1, 0.15) is 12.5 Å². The molecule has 2 aromatic heterocycles. The van der Waals surface area contributed by atoms with Gasteiger partial charge in [-0.05, 0) is 19.0 Å². The van der Waals surface area contributed by atoms with Crippen LogP contribution in [-0.2, 0) is 14.3 Å². The van der Waals surface area contributed by atoms with Gasteiger partial charge in [-0.1, -0.05) is 0 Å². The number of hydrogen-bond donors (Lipinski definition) is 2. The Balaban J connectivity index is 1.09. The lowest BCUT2D eigenvalue weighted by molar-refractivity contribution is -0.119. The Morgan fingerprint density at radius 3 is 2.67 bits per heavy atom. The van der Waals surface area contributed by atoms with Crippen molar-refractivity contribution in [1.82, 2.24) is 25.2 Å². The number of ether oxygens (including phenoxy) is 2. The van der Waals surface area contributed by atoms with Crippen LogP contribution in [0.15, 0.2) is 24.5 Å². The van der Waals surface area contributed by atoms with Gasteiger partial charge in [0.2, 0.25) is 11.9 Å². The molecule has 13 heteroatoms. The number of piperazine rings is 1. The Morgan fingerprint density at radius 2 is 1.90 bits per heavy atom. The van der Waals surface area contributed by atoms with Crippen molar-refractivity contribution in [3.8, 4) is 0 Å². The zero-order valence-corrected chi connectivity index (χ0v) is 22.5. The molecule has 0 saturated carbocycles. The highest BCUT2D eigenvalue weighted by molar-refractivity contribution is 5.72. The first kappa shape index (κ1) is 27.3. The molecular weight excluding hydrogens is 505 g/mol. The fraction of sp³-hybridized carbons (Fsp3) is 0.615. The number of rotatable bonds is 10. The van der Waals surface area contributed by atoms with Crippen molar-refractivity contribution in [3.63, 3.8) is 0 Å². The molecule has 1 atom stereocenters. The minimum atomic E-state index is -0.350. The third-order valence-corrected chi connectivity index (χ3v) is 7.22. The van der Waals surface area contributed by atoms with Gasteiger partial charge >= 0.3 is 0 Å². The quantitative estimate of drug-likeness (QED) is 0.415. The lowest BCUT2D eigenvalue weighted by atomic mass is 10.2. The van der Waals surface area contributed by atoms with E-state index in [1.807, 2.05) is 15.9 Å². The molecule has 12 nitrogen and oxygen atoms in total. The van der Waals surface area contributed by atoms with Gasteiger partial charge in [0, 0.05) is 78.1 Å². The molecular formula is C26H38FN9O3. The molecule has 0 bridgehead atoms. The van der Waals surface area contributed by atoms with Gasteiger partial charge in [-0.15, -0.1) is 0 Å². The molecule has 5 rings (SSSR count). The van der Waals surface area contributed by atoms with E-state index >= 15 is 4.39 Å². The molecule has 3 saturated heterocycles. The predicted octanol–water partition coefficient (Wildman–Crippen LogP) is 0.770. The third kappa shape index (κ3) is 7.43. The Hall–Kier alpha value is -3.29. The van der Waals surface area contributed by atoms with Crippen molar-refractivity contribution < 1.29 is 18.7 Å².